The minimum atomic E-state index is -0.898. The van der Waals surface area contributed by atoms with Gasteiger partial charge >= 0.3 is 0 Å². The van der Waals surface area contributed by atoms with Crippen molar-refractivity contribution in [2.45, 2.75) is 25.8 Å². The fraction of sp³-hybridized carbons (Fsp3) is 0.292. The Balaban J connectivity index is 2.13. The third-order valence-corrected chi connectivity index (χ3v) is 5.41. The van der Waals surface area contributed by atoms with E-state index in [1.807, 2.05) is 19.9 Å². The van der Waals surface area contributed by atoms with Gasteiger partial charge in [-0.3, -0.25) is 9.59 Å². The highest BCUT2D eigenvalue weighted by atomic mass is 19.1. The first-order chi connectivity index (χ1) is 15.3. The predicted octanol–water partition coefficient (Wildman–Crippen LogP) is 3.82. The van der Waals surface area contributed by atoms with Crippen LogP contribution in [0.15, 0.2) is 42.5 Å². The number of nitrogens with zero attached hydrogens (tertiary/aromatic N) is 2. The highest BCUT2D eigenvalue weighted by Gasteiger charge is 2.46. The summed E-state index contributed by atoms with van der Waals surface area (Å²) in [5, 5.41) is 27.4. The van der Waals surface area contributed by atoms with Crippen LogP contribution in [0.1, 0.15) is 41.3 Å². The molecular formula is C24H24FN5O2. The van der Waals surface area contributed by atoms with E-state index < -0.39 is 29.6 Å². The Kier molecular flexibility index (Phi) is 6.79. The molecule has 2 atom stereocenters. The van der Waals surface area contributed by atoms with E-state index in [1.165, 1.54) is 6.07 Å². The first-order valence-electron chi connectivity index (χ1n) is 10.2. The lowest BCUT2D eigenvalue weighted by Gasteiger charge is -2.44. The largest absolute Gasteiger partial charge is 0.333 e. The molecule has 3 rings (SSSR count). The molecule has 3 N–H and O–H groups in total. The molecule has 1 aliphatic heterocycles. The molecule has 164 valence electrons. The minimum Gasteiger partial charge on any atom is -0.333 e. The Morgan fingerprint density at radius 1 is 1.25 bits per heavy atom. The second kappa shape index (κ2) is 9.52. The highest BCUT2D eigenvalue weighted by Crippen LogP contribution is 2.37. The van der Waals surface area contributed by atoms with Crippen molar-refractivity contribution in [1.82, 2.24) is 4.90 Å². The van der Waals surface area contributed by atoms with Gasteiger partial charge in [0.05, 0.1) is 23.6 Å². The Bertz CT molecular complexity index is 1100. The highest BCUT2D eigenvalue weighted by molar-refractivity contribution is 6.05. The summed E-state index contributed by atoms with van der Waals surface area (Å²) in [5.41, 5.74) is 1.06. The van der Waals surface area contributed by atoms with E-state index in [4.69, 9.17) is 16.1 Å². The van der Waals surface area contributed by atoms with Crippen LogP contribution >= 0.6 is 0 Å². The normalized spacial score (nSPS) is 18.5. The van der Waals surface area contributed by atoms with E-state index in [-0.39, 0.29) is 23.1 Å². The van der Waals surface area contributed by atoms with Gasteiger partial charge in [-0.05, 0) is 35.7 Å². The smallest absolute Gasteiger partial charge is 0.254 e. The van der Waals surface area contributed by atoms with Crippen LogP contribution in [0.2, 0.25) is 0 Å². The molecule has 0 unspecified atom stereocenters. The van der Waals surface area contributed by atoms with Crippen molar-refractivity contribution in [3.05, 3.63) is 65.0 Å². The van der Waals surface area contributed by atoms with Crippen molar-refractivity contribution >= 4 is 29.9 Å². The Morgan fingerprint density at radius 2 is 1.94 bits per heavy atom. The summed E-state index contributed by atoms with van der Waals surface area (Å²) in [4.78, 5) is 28.4. The molecule has 2 amide bonds. The zero-order valence-electron chi connectivity index (χ0n) is 17.8. The SMILES string of the molecule is CC(C)CN1C(=O)c2ccccc2[C@@H](C(=O)Nc2cc(F)cc(C#N)c2)[C@@H]1C(C=N)C=N. The Morgan fingerprint density at radius 3 is 2.56 bits per heavy atom. The molecule has 32 heavy (non-hydrogen) atoms. The monoisotopic (exact) mass is 433 g/mol. The number of nitriles is 1. The number of rotatable bonds is 7. The summed E-state index contributed by atoms with van der Waals surface area (Å²) >= 11 is 0. The van der Waals surface area contributed by atoms with Crippen molar-refractivity contribution in [2.75, 3.05) is 11.9 Å². The maximum atomic E-state index is 13.9. The molecule has 1 heterocycles. The Labute approximate surface area is 185 Å². The summed E-state index contributed by atoms with van der Waals surface area (Å²) in [6.45, 7) is 4.23. The van der Waals surface area contributed by atoms with Crippen LogP contribution in [0, 0.1) is 39.8 Å². The first-order valence-corrected chi connectivity index (χ1v) is 10.2. The maximum Gasteiger partial charge on any atom is 0.254 e. The van der Waals surface area contributed by atoms with Crippen LogP contribution in [0.5, 0.6) is 0 Å². The lowest BCUT2D eigenvalue weighted by molar-refractivity contribution is -0.119. The zero-order valence-corrected chi connectivity index (χ0v) is 17.8. The van der Waals surface area contributed by atoms with Gasteiger partial charge in [-0.15, -0.1) is 0 Å². The maximum absolute atomic E-state index is 13.9. The fourth-order valence-electron chi connectivity index (χ4n) is 4.13. The second-order valence-electron chi connectivity index (χ2n) is 8.15. The average Bonchev–Trinajstić information content (AvgIpc) is 2.76. The average molecular weight is 433 g/mol. The molecule has 0 fully saturated rings. The van der Waals surface area contributed by atoms with E-state index in [1.54, 1.807) is 29.2 Å². The van der Waals surface area contributed by atoms with Gasteiger partial charge in [-0.2, -0.15) is 5.26 Å². The topological polar surface area (TPSA) is 121 Å². The molecule has 1 aliphatic rings. The number of carbonyl (C=O) groups excluding carboxylic acids is 2. The van der Waals surface area contributed by atoms with Crippen LogP contribution in [0.4, 0.5) is 10.1 Å². The van der Waals surface area contributed by atoms with Crippen LogP contribution in [-0.2, 0) is 4.79 Å². The molecule has 2 aromatic rings. The zero-order chi connectivity index (χ0) is 23.4. The molecule has 0 bridgehead atoms. The molecule has 0 saturated carbocycles. The molecule has 7 nitrogen and oxygen atoms in total. The van der Waals surface area contributed by atoms with Gasteiger partial charge in [-0.25, -0.2) is 4.39 Å². The molecule has 0 radical (unpaired) electrons. The van der Waals surface area contributed by atoms with Crippen LogP contribution in [-0.4, -0.2) is 41.7 Å². The third-order valence-electron chi connectivity index (χ3n) is 5.41. The molecule has 0 aromatic heterocycles. The van der Waals surface area contributed by atoms with Gasteiger partial charge in [0, 0.05) is 36.1 Å². The lowest BCUT2D eigenvalue weighted by Crippen LogP contribution is -2.56. The van der Waals surface area contributed by atoms with Gasteiger partial charge in [-0.1, -0.05) is 32.0 Å². The van der Waals surface area contributed by atoms with Crippen molar-refractivity contribution in [3.8, 4) is 6.07 Å². The van der Waals surface area contributed by atoms with E-state index in [0.29, 0.717) is 17.7 Å². The Hall–Kier alpha value is -3.86. The van der Waals surface area contributed by atoms with Crippen molar-refractivity contribution in [3.63, 3.8) is 0 Å². The number of benzene rings is 2. The molecule has 0 aliphatic carbocycles. The molecular weight excluding hydrogens is 409 g/mol. The van der Waals surface area contributed by atoms with Crippen LogP contribution < -0.4 is 5.32 Å². The summed E-state index contributed by atoms with van der Waals surface area (Å²) in [6, 6.07) is 11.4. The van der Waals surface area contributed by atoms with E-state index in [9.17, 15) is 14.0 Å². The van der Waals surface area contributed by atoms with Gasteiger partial charge < -0.3 is 21.0 Å². The van der Waals surface area contributed by atoms with Gasteiger partial charge in [0.2, 0.25) is 5.91 Å². The van der Waals surface area contributed by atoms with Crippen molar-refractivity contribution in [1.29, 1.82) is 16.1 Å². The molecule has 8 heteroatoms. The van der Waals surface area contributed by atoms with E-state index in [2.05, 4.69) is 5.32 Å². The van der Waals surface area contributed by atoms with Gasteiger partial charge in [0.15, 0.2) is 0 Å². The lowest BCUT2D eigenvalue weighted by atomic mass is 9.76. The van der Waals surface area contributed by atoms with E-state index >= 15 is 0 Å². The number of fused-ring (bicyclic) bond motifs is 1. The van der Waals surface area contributed by atoms with Crippen molar-refractivity contribution < 1.29 is 14.0 Å². The number of carbonyl (C=O) groups is 2. The number of nitrogens with one attached hydrogen (secondary N) is 3. The van der Waals surface area contributed by atoms with Gasteiger partial charge in [0.1, 0.15) is 5.82 Å². The van der Waals surface area contributed by atoms with Gasteiger partial charge in [0.25, 0.3) is 5.91 Å². The number of anilines is 1. The first kappa shape index (κ1) is 22.8. The summed E-state index contributed by atoms with van der Waals surface area (Å²) < 4.78 is 13.9. The summed E-state index contributed by atoms with van der Waals surface area (Å²) in [6.07, 6.45) is 2.12. The minimum absolute atomic E-state index is 0.0642. The van der Waals surface area contributed by atoms with Crippen molar-refractivity contribution in [2.24, 2.45) is 11.8 Å². The molecule has 0 spiro atoms. The standard InChI is InChI=1S/C24H24FN5O2/c1-14(2)13-30-22(16(11-27)12-28)21(19-5-3-4-6-20(19)24(30)32)23(31)29-18-8-15(10-26)7-17(25)9-18/h3-9,11-12,14,16,21-22,27-28H,13H2,1-2H3,(H,29,31)/t16?,21-,22+/m1/s1. The third kappa shape index (κ3) is 4.42. The summed E-state index contributed by atoms with van der Waals surface area (Å²) in [5.74, 6) is -3.02. The fourth-order valence-corrected chi connectivity index (χ4v) is 4.13. The summed E-state index contributed by atoms with van der Waals surface area (Å²) in [7, 11) is 0. The number of halogens is 1. The number of amides is 2. The molecule has 2 aromatic carbocycles. The number of hydrogen-bond acceptors (Lipinski definition) is 5. The number of hydrogen-bond donors (Lipinski definition) is 3. The quantitative estimate of drug-likeness (QED) is 0.576. The van der Waals surface area contributed by atoms with E-state index in [0.717, 1.165) is 24.6 Å². The predicted molar refractivity (Wildman–Crippen MR) is 120 cm³/mol. The van der Waals surface area contributed by atoms with Crippen LogP contribution in [0.3, 0.4) is 0 Å². The van der Waals surface area contributed by atoms with Crippen LogP contribution in [0.25, 0.3) is 0 Å². The second-order valence-corrected chi connectivity index (χ2v) is 8.15. The molecule has 0 saturated heterocycles.